The van der Waals surface area contributed by atoms with Crippen LogP contribution in [0.15, 0.2) is 0 Å². The maximum atomic E-state index is 13.4. The van der Waals surface area contributed by atoms with Crippen LogP contribution in [0.25, 0.3) is 0 Å². The van der Waals surface area contributed by atoms with Crippen LogP contribution in [0.3, 0.4) is 0 Å². The molecule has 0 aromatic heterocycles. The van der Waals surface area contributed by atoms with Gasteiger partial charge in [-0.15, -0.1) is 0 Å². The zero-order valence-corrected chi connectivity index (χ0v) is 31.5. The Hall–Kier alpha value is -3.67. The Morgan fingerprint density at radius 1 is 0.554 bits per heavy atom. The Morgan fingerprint density at radius 2 is 0.982 bits per heavy atom. The first-order chi connectivity index (χ1) is 25.6. The van der Waals surface area contributed by atoms with E-state index in [1.165, 1.54) is 13.8 Å². The molecule has 3 saturated heterocycles. The predicted molar refractivity (Wildman–Crippen MR) is 171 cm³/mol. The van der Waals surface area contributed by atoms with E-state index in [-0.39, 0.29) is 65.4 Å². The second-order valence-electron chi connectivity index (χ2n) is 17.7. The zero-order chi connectivity index (χ0) is 41.7. The first-order valence-corrected chi connectivity index (χ1v) is 18.7. The molecule has 0 aromatic rings. The van der Waals surface area contributed by atoms with Crippen molar-refractivity contribution in [3.8, 4) is 0 Å². The van der Waals surface area contributed by atoms with Crippen molar-refractivity contribution in [1.29, 1.82) is 0 Å². The second kappa shape index (κ2) is 14.0. The molecule has 8 rings (SSSR count). The molecule has 0 spiro atoms. The summed E-state index contributed by atoms with van der Waals surface area (Å²) in [4.78, 5) is 69.3. The number of alkyl halides is 7. The van der Waals surface area contributed by atoms with Crippen LogP contribution in [0.5, 0.6) is 0 Å². The molecule has 3 aliphatic heterocycles. The van der Waals surface area contributed by atoms with E-state index in [9.17, 15) is 59.5 Å². The number of rotatable bonds is 6. The number of fused-ring (bicyclic) bond motifs is 4. The molecule has 8 fully saturated rings. The molecular weight excluding hydrogens is 769 g/mol. The lowest BCUT2D eigenvalue weighted by molar-refractivity contribution is -0.231. The van der Waals surface area contributed by atoms with Crippen molar-refractivity contribution >= 4 is 35.8 Å². The molecule has 12 nitrogen and oxygen atoms in total. The standard InChI is InChI=1S/C13H15F3O4.C12H15F3O4.C12H15FO4/c1-12(2,13(14,15)16)11(18)20-8-5-3-6-7(4-5)10(17)19-9(6)8;1-11(2,12(13,14)15)10(17)19-7-4-3-6-5-8(7)18-9(6)16;1-12(2,13)11(15)17-8-5-3-6-7(4-5)10(14)16-9(6)8/h5-9H,3-4H2,1-2H3;6-8H,3-5H2,1-2H3;5-9H,3-4H2,1-2H3. The second-order valence-corrected chi connectivity index (χ2v) is 17.7. The fourth-order valence-electron chi connectivity index (χ4n) is 9.00. The first-order valence-electron chi connectivity index (χ1n) is 18.7. The number of hydrogen-bond acceptors (Lipinski definition) is 12. The van der Waals surface area contributed by atoms with Gasteiger partial charge in [-0.25, -0.2) is 9.18 Å². The van der Waals surface area contributed by atoms with Gasteiger partial charge in [-0.1, -0.05) is 0 Å². The highest BCUT2D eigenvalue weighted by Crippen LogP contribution is 2.57. The van der Waals surface area contributed by atoms with Gasteiger partial charge in [0.1, 0.15) is 36.6 Å². The van der Waals surface area contributed by atoms with Crippen LogP contribution in [-0.2, 0) is 57.2 Å². The molecule has 0 radical (unpaired) electrons. The summed E-state index contributed by atoms with van der Waals surface area (Å²) in [5, 5.41) is 0. The summed E-state index contributed by atoms with van der Waals surface area (Å²) < 4.78 is 121. The van der Waals surface area contributed by atoms with Gasteiger partial charge in [-0.2, -0.15) is 26.3 Å². The quantitative estimate of drug-likeness (QED) is 0.189. The lowest BCUT2D eigenvalue weighted by Crippen LogP contribution is -2.45. The number of carbonyl (C=O) groups excluding carboxylic acids is 6. The zero-order valence-electron chi connectivity index (χ0n) is 31.5. The van der Waals surface area contributed by atoms with E-state index in [4.69, 9.17) is 28.4 Å². The fraction of sp³-hybridized carbons (Fsp3) is 0.838. The maximum Gasteiger partial charge on any atom is 0.404 e. The van der Waals surface area contributed by atoms with Crippen LogP contribution >= 0.6 is 0 Å². The molecule has 5 aliphatic carbocycles. The van der Waals surface area contributed by atoms with Gasteiger partial charge < -0.3 is 28.4 Å². The number of hydrogen-bond donors (Lipinski definition) is 0. The molecule has 3 heterocycles. The summed E-state index contributed by atoms with van der Waals surface area (Å²) >= 11 is 0. The molecule has 13 atom stereocenters. The van der Waals surface area contributed by atoms with Crippen molar-refractivity contribution in [2.45, 2.75) is 141 Å². The van der Waals surface area contributed by atoms with Crippen LogP contribution in [0.2, 0.25) is 0 Å². The molecule has 314 valence electrons. The monoisotopic (exact) mass is 814 g/mol. The summed E-state index contributed by atoms with van der Waals surface area (Å²) in [5.74, 6) is -4.43. The smallest absolute Gasteiger partial charge is 0.404 e. The van der Waals surface area contributed by atoms with E-state index in [1.807, 2.05) is 0 Å². The number of esters is 6. The average Bonchev–Trinajstić information content (AvgIpc) is 3.92. The average molecular weight is 815 g/mol. The number of halogens is 7. The van der Waals surface area contributed by atoms with Crippen molar-refractivity contribution in [3.05, 3.63) is 0 Å². The first kappa shape index (κ1) is 41.9. The largest absolute Gasteiger partial charge is 0.458 e. The van der Waals surface area contributed by atoms with Crippen molar-refractivity contribution in [2.24, 2.45) is 52.3 Å². The molecule has 19 heteroatoms. The lowest BCUT2D eigenvalue weighted by Gasteiger charge is -2.31. The molecule has 0 aromatic carbocycles. The van der Waals surface area contributed by atoms with Crippen LogP contribution < -0.4 is 0 Å². The summed E-state index contributed by atoms with van der Waals surface area (Å²) in [7, 11) is 0. The van der Waals surface area contributed by atoms with Crippen LogP contribution in [0.1, 0.15) is 86.5 Å². The van der Waals surface area contributed by atoms with E-state index in [0.29, 0.717) is 38.5 Å². The van der Waals surface area contributed by atoms with E-state index in [1.54, 1.807) is 0 Å². The van der Waals surface area contributed by atoms with Crippen LogP contribution in [0, 0.1) is 52.3 Å². The van der Waals surface area contributed by atoms with Gasteiger partial charge in [0.25, 0.3) is 0 Å². The summed E-state index contributed by atoms with van der Waals surface area (Å²) in [6.45, 7) is 5.50. The SMILES string of the molecule is CC(C)(C(=O)OC1C2CC3C(=O)OC1C3C2)C(F)(F)F.CC(C)(C(=O)OC1CCC2CC1OC2=O)C(F)(F)F.CC(C)(F)C(=O)OC1C2CC3C(=O)OC1C3C2. The third-order valence-electron chi connectivity index (χ3n) is 12.8. The van der Waals surface area contributed by atoms with Crippen LogP contribution in [-0.4, -0.2) is 90.5 Å². The lowest BCUT2D eigenvalue weighted by atomic mass is 9.87. The molecule has 0 N–H and O–H groups in total. The predicted octanol–water partition coefficient (Wildman–Crippen LogP) is 5.51. The van der Waals surface area contributed by atoms with Gasteiger partial charge in [0.05, 0.1) is 17.8 Å². The van der Waals surface area contributed by atoms with Gasteiger partial charge in [0.15, 0.2) is 10.8 Å². The summed E-state index contributed by atoms with van der Waals surface area (Å²) in [6, 6.07) is 0. The van der Waals surface area contributed by atoms with Crippen molar-refractivity contribution in [2.75, 3.05) is 0 Å². The van der Waals surface area contributed by atoms with E-state index in [0.717, 1.165) is 34.1 Å². The maximum absolute atomic E-state index is 13.4. The molecule has 5 saturated carbocycles. The molecule has 13 unspecified atom stereocenters. The third kappa shape index (κ3) is 7.32. The minimum absolute atomic E-state index is 0.000649. The Bertz CT molecular complexity index is 1630. The molecule has 8 aliphatic rings. The number of ether oxygens (including phenoxy) is 6. The summed E-state index contributed by atoms with van der Waals surface area (Å²) in [6.07, 6.45) is -8.70. The van der Waals surface area contributed by atoms with Gasteiger partial charge in [-0.3, -0.25) is 24.0 Å². The Labute approximate surface area is 317 Å². The Morgan fingerprint density at radius 3 is 1.41 bits per heavy atom. The molecule has 6 bridgehead atoms. The highest BCUT2D eigenvalue weighted by atomic mass is 19.4. The van der Waals surface area contributed by atoms with Crippen molar-refractivity contribution in [1.82, 2.24) is 0 Å². The Kier molecular flexibility index (Phi) is 10.5. The highest BCUT2D eigenvalue weighted by molar-refractivity contribution is 5.81. The minimum atomic E-state index is -4.67. The van der Waals surface area contributed by atoms with Crippen LogP contribution in [0.4, 0.5) is 30.7 Å². The van der Waals surface area contributed by atoms with Gasteiger partial charge >= 0.3 is 48.2 Å². The van der Waals surface area contributed by atoms with Gasteiger partial charge in [0, 0.05) is 30.1 Å². The van der Waals surface area contributed by atoms with E-state index >= 15 is 0 Å². The normalized spacial score (nSPS) is 37.4. The van der Waals surface area contributed by atoms with Gasteiger partial charge in [-0.05, 0) is 80.1 Å². The fourth-order valence-corrected chi connectivity index (χ4v) is 9.00. The molecule has 0 amide bonds. The van der Waals surface area contributed by atoms with Crippen molar-refractivity contribution in [3.63, 3.8) is 0 Å². The van der Waals surface area contributed by atoms with E-state index in [2.05, 4.69) is 0 Å². The Balaban J connectivity index is 0.000000143. The molecule has 56 heavy (non-hydrogen) atoms. The molecular formula is C37H45F7O12. The van der Waals surface area contributed by atoms with Crippen molar-refractivity contribution < 1.29 is 87.9 Å². The van der Waals surface area contributed by atoms with E-state index < -0.39 is 77.3 Å². The minimum Gasteiger partial charge on any atom is -0.458 e. The number of carbonyl (C=O) groups is 6. The summed E-state index contributed by atoms with van der Waals surface area (Å²) in [5.41, 5.74) is -7.12. The highest BCUT2D eigenvalue weighted by Gasteiger charge is 2.66. The van der Waals surface area contributed by atoms with Gasteiger partial charge in [0.2, 0.25) is 5.67 Å². The topological polar surface area (TPSA) is 158 Å². The third-order valence-corrected chi connectivity index (χ3v) is 12.8.